The molecule has 0 radical (unpaired) electrons. The Balaban J connectivity index is 1.74. The van der Waals surface area contributed by atoms with Gasteiger partial charge in [0.05, 0.1) is 5.69 Å². The number of hydrogen-bond donors (Lipinski definition) is 3. The molecule has 0 unspecified atom stereocenters. The third-order valence-corrected chi connectivity index (χ3v) is 6.05. The standard InChI is InChI=1S/C26H19N3O/c30-15-24-26(18-9-3-6-12-23(18)29-24)25(19-13-27-21-10-4-1-7-16(19)21)20-14-28-22-11-5-2-8-17(20)22/h1-15,25,27-29H. The number of carbonyl (C=O) groups is 1. The van der Waals surface area contributed by atoms with Crippen LogP contribution < -0.4 is 0 Å². The lowest BCUT2D eigenvalue weighted by Gasteiger charge is -2.17. The van der Waals surface area contributed by atoms with Crippen molar-refractivity contribution in [3.05, 3.63) is 108 Å². The number of aldehydes is 1. The maximum Gasteiger partial charge on any atom is 0.166 e. The van der Waals surface area contributed by atoms with E-state index in [1.165, 1.54) is 0 Å². The van der Waals surface area contributed by atoms with Gasteiger partial charge in [0.1, 0.15) is 0 Å². The number of fused-ring (bicyclic) bond motifs is 3. The SMILES string of the molecule is O=Cc1[nH]c2ccccc2c1C(c1c[nH]c2ccccc12)c1c[nH]c2ccccc12. The molecule has 4 heteroatoms. The van der Waals surface area contributed by atoms with Crippen molar-refractivity contribution in [3.63, 3.8) is 0 Å². The van der Waals surface area contributed by atoms with Gasteiger partial charge in [-0.15, -0.1) is 0 Å². The second-order valence-electron chi connectivity index (χ2n) is 7.63. The second kappa shape index (κ2) is 6.49. The van der Waals surface area contributed by atoms with Gasteiger partial charge in [-0.05, 0) is 29.3 Å². The smallest absolute Gasteiger partial charge is 0.166 e. The Kier molecular flexibility index (Phi) is 3.65. The molecule has 3 heterocycles. The van der Waals surface area contributed by atoms with E-state index in [1.807, 2.05) is 30.3 Å². The van der Waals surface area contributed by atoms with E-state index in [4.69, 9.17) is 0 Å². The van der Waals surface area contributed by atoms with E-state index in [1.54, 1.807) is 0 Å². The molecule has 3 aromatic heterocycles. The van der Waals surface area contributed by atoms with Gasteiger partial charge < -0.3 is 15.0 Å². The molecule has 0 fully saturated rings. The number of H-pyrrole nitrogens is 3. The topological polar surface area (TPSA) is 64.4 Å². The van der Waals surface area contributed by atoms with Crippen LogP contribution in [0.3, 0.4) is 0 Å². The van der Waals surface area contributed by atoms with Crippen molar-refractivity contribution in [2.24, 2.45) is 0 Å². The van der Waals surface area contributed by atoms with Crippen LogP contribution in [0.2, 0.25) is 0 Å². The summed E-state index contributed by atoms with van der Waals surface area (Å²) in [6.07, 6.45) is 5.09. The zero-order chi connectivity index (χ0) is 20.1. The Morgan fingerprint density at radius 2 is 1.13 bits per heavy atom. The van der Waals surface area contributed by atoms with Gasteiger partial charge >= 0.3 is 0 Å². The van der Waals surface area contributed by atoms with Crippen LogP contribution in [0, 0.1) is 0 Å². The van der Waals surface area contributed by atoms with Gasteiger partial charge in [-0.1, -0.05) is 54.6 Å². The van der Waals surface area contributed by atoms with Gasteiger partial charge in [0.15, 0.2) is 6.29 Å². The predicted molar refractivity (Wildman–Crippen MR) is 121 cm³/mol. The van der Waals surface area contributed by atoms with E-state index in [2.05, 4.69) is 69.8 Å². The van der Waals surface area contributed by atoms with Gasteiger partial charge in [0, 0.05) is 56.6 Å². The molecule has 0 aliphatic carbocycles. The number of carbonyl (C=O) groups excluding carboxylic acids is 1. The summed E-state index contributed by atoms with van der Waals surface area (Å²) in [5, 5.41) is 3.39. The number of nitrogens with one attached hydrogen (secondary N) is 3. The molecule has 0 aliphatic heterocycles. The number of hydrogen-bond acceptors (Lipinski definition) is 1. The average molecular weight is 389 g/mol. The monoisotopic (exact) mass is 389 g/mol. The quantitative estimate of drug-likeness (QED) is 0.312. The third kappa shape index (κ3) is 2.37. The van der Waals surface area contributed by atoms with Crippen LogP contribution in [-0.4, -0.2) is 21.2 Å². The fraction of sp³-hybridized carbons (Fsp3) is 0.0385. The fourth-order valence-corrected chi connectivity index (χ4v) is 4.73. The first-order valence-corrected chi connectivity index (χ1v) is 10.0. The van der Waals surface area contributed by atoms with Crippen molar-refractivity contribution in [1.82, 2.24) is 15.0 Å². The van der Waals surface area contributed by atoms with Crippen molar-refractivity contribution in [3.8, 4) is 0 Å². The van der Waals surface area contributed by atoms with Gasteiger partial charge in [-0.2, -0.15) is 0 Å². The first kappa shape index (κ1) is 16.9. The maximum absolute atomic E-state index is 12.1. The third-order valence-electron chi connectivity index (χ3n) is 6.05. The highest BCUT2D eigenvalue weighted by molar-refractivity contribution is 5.97. The molecule has 0 atom stereocenters. The maximum atomic E-state index is 12.1. The minimum atomic E-state index is -0.103. The highest BCUT2D eigenvalue weighted by Crippen LogP contribution is 2.43. The molecule has 0 saturated carbocycles. The summed E-state index contributed by atoms with van der Waals surface area (Å²) in [7, 11) is 0. The number of benzene rings is 3. The minimum Gasteiger partial charge on any atom is -0.361 e. The van der Waals surface area contributed by atoms with E-state index in [-0.39, 0.29) is 5.92 Å². The van der Waals surface area contributed by atoms with Crippen molar-refractivity contribution in [2.75, 3.05) is 0 Å². The summed E-state index contributed by atoms with van der Waals surface area (Å²) in [5.74, 6) is -0.103. The lowest BCUT2D eigenvalue weighted by Crippen LogP contribution is -2.05. The molecule has 6 aromatic rings. The Bertz CT molecular complexity index is 1460. The first-order valence-electron chi connectivity index (χ1n) is 10.0. The van der Waals surface area contributed by atoms with E-state index >= 15 is 0 Å². The van der Waals surface area contributed by atoms with Crippen LogP contribution >= 0.6 is 0 Å². The second-order valence-corrected chi connectivity index (χ2v) is 7.63. The van der Waals surface area contributed by atoms with E-state index in [0.717, 1.165) is 55.7 Å². The number of rotatable bonds is 4. The highest BCUT2D eigenvalue weighted by Gasteiger charge is 2.28. The highest BCUT2D eigenvalue weighted by atomic mass is 16.1. The van der Waals surface area contributed by atoms with Crippen LogP contribution in [-0.2, 0) is 0 Å². The fourth-order valence-electron chi connectivity index (χ4n) is 4.73. The number of aromatic nitrogens is 3. The van der Waals surface area contributed by atoms with Crippen LogP contribution in [0.4, 0.5) is 0 Å². The molecule has 0 saturated heterocycles. The molecule has 0 spiro atoms. The lowest BCUT2D eigenvalue weighted by molar-refractivity contribution is 0.111. The van der Waals surface area contributed by atoms with Crippen LogP contribution in [0.1, 0.15) is 33.1 Å². The molecule has 4 nitrogen and oxygen atoms in total. The summed E-state index contributed by atoms with van der Waals surface area (Å²) in [6.45, 7) is 0. The molecule has 3 N–H and O–H groups in total. The molecule has 6 rings (SSSR count). The van der Waals surface area contributed by atoms with E-state index < -0.39 is 0 Å². The van der Waals surface area contributed by atoms with Crippen LogP contribution in [0.25, 0.3) is 32.7 Å². The largest absolute Gasteiger partial charge is 0.361 e. The first-order chi connectivity index (χ1) is 14.8. The van der Waals surface area contributed by atoms with Crippen molar-refractivity contribution in [1.29, 1.82) is 0 Å². The average Bonchev–Trinajstić information content (AvgIpc) is 3.51. The summed E-state index contributed by atoms with van der Waals surface area (Å²) >= 11 is 0. The summed E-state index contributed by atoms with van der Waals surface area (Å²) in [6, 6.07) is 24.7. The Morgan fingerprint density at radius 3 is 1.70 bits per heavy atom. The predicted octanol–water partition coefficient (Wildman–Crippen LogP) is 6.12. The van der Waals surface area contributed by atoms with Crippen LogP contribution in [0.5, 0.6) is 0 Å². The lowest BCUT2D eigenvalue weighted by atomic mass is 9.83. The molecule has 3 aromatic carbocycles. The molecule has 0 bridgehead atoms. The van der Waals surface area contributed by atoms with Crippen molar-refractivity contribution < 1.29 is 4.79 Å². The Labute approximate surface area is 172 Å². The number of para-hydroxylation sites is 3. The van der Waals surface area contributed by atoms with Gasteiger partial charge in [-0.25, -0.2) is 0 Å². The molecule has 30 heavy (non-hydrogen) atoms. The molecular weight excluding hydrogens is 370 g/mol. The summed E-state index contributed by atoms with van der Waals surface area (Å²) in [4.78, 5) is 22.3. The summed E-state index contributed by atoms with van der Waals surface area (Å²) in [5.41, 5.74) is 7.09. The van der Waals surface area contributed by atoms with Gasteiger partial charge in [-0.3, -0.25) is 4.79 Å². The van der Waals surface area contributed by atoms with Crippen molar-refractivity contribution >= 4 is 39.0 Å². The molecule has 0 amide bonds. The summed E-state index contributed by atoms with van der Waals surface area (Å²) < 4.78 is 0. The normalized spacial score (nSPS) is 11.8. The minimum absolute atomic E-state index is 0.103. The Morgan fingerprint density at radius 1 is 0.633 bits per heavy atom. The molecule has 0 aliphatic rings. The zero-order valence-corrected chi connectivity index (χ0v) is 16.1. The van der Waals surface area contributed by atoms with Crippen LogP contribution in [0.15, 0.2) is 85.2 Å². The molecular formula is C26H19N3O. The number of aromatic amines is 3. The molecule has 144 valence electrons. The Hall–Kier alpha value is -4.05. The zero-order valence-electron chi connectivity index (χ0n) is 16.1. The van der Waals surface area contributed by atoms with Gasteiger partial charge in [0.25, 0.3) is 0 Å². The van der Waals surface area contributed by atoms with E-state index in [0.29, 0.717) is 5.69 Å². The van der Waals surface area contributed by atoms with Crippen molar-refractivity contribution in [2.45, 2.75) is 5.92 Å². The van der Waals surface area contributed by atoms with Gasteiger partial charge in [0.2, 0.25) is 0 Å². The van der Waals surface area contributed by atoms with E-state index in [9.17, 15) is 4.79 Å².